The molecule has 0 aliphatic carbocycles. The van der Waals surface area contributed by atoms with Crippen LogP contribution in [0.2, 0.25) is 0 Å². The van der Waals surface area contributed by atoms with Crippen LogP contribution in [0.15, 0.2) is 0 Å². The van der Waals surface area contributed by atoms with Gasteiger partial charge in [-0.05, 0) is 26.2 Å². The number of hydrogen-bond acceptors (Lipinski definition) is 8. The van der Waals surface area contributed by atoms with E-state index in [2.05, 4.69) is 0 Å². The second-order valence-electron chi connectivity index (χ2n) is 6.61. The van der Waals surface area contributed by atoms with Gasteiger partial charge in [-0.15, -0.1) is 0 Å². The van der Waals surface area contributed by atoms with Gasteiger partial charge in [0.25, 0.3) is 0 Å². The highest BCUT2D eigenvalue weighted by molar-refractivity contribution is 6.04. The van der Waals surface area contributed by atoms with Crippen LogP contribution in [-0.4, -0.2) is 82.9 Å². The van der Waals surface area contributed by atoms with Crippen LogP contribution in [-0.2, 0) is 33.6 Å². The van der Waals surface area contributed by atoms with E-state index in [-0.39, 0.29) is 0 Å². The van der Waals surface area contributed by atoms with Gasteiger partial charge < -0.3 is 35.7 Å². The lowest BCUT2D eigenvalue weighted by molar-refractivity contribution is -0.180. The number of carboxylic acid groups (broad SMARTS) is 6. The van der Waals surface area contributed by atoms with Crippen LogP contribution >= 0.6 is 0 Å². The van der Waals surface area contributed by atoms with Gasteiger partial charge in [0.15, 0.2) is 11.5 Å². The minimum Gasteiger partial charge on any atom is -0.481 e. The van der Waals surface area contributed by atoms with Gasteiger partial charge in [-0.3, -0.25) is 28.8 Å². The number of rotatable bonds is 12. The molecular weight excluding hydrogens is 464 g/mol. The summed E-state index contributed by atoms with van der Waals surface area (Å²) in [6.07, 6.45) is 1.69. The number of carboxylic acids is 6. The zero-order valence-electron chi connectivity index (χ0n) is 19.5. The first-order chi connectivity index (χ1) is 15.4. The van der Waals surface area contributed by atoms with Crippen molar-refractivity contribution in [2.45, 2.75) is 78.2 Å². The molecule has 0 aliphatic heterocycles. The molecule has 0 radical (unpaired) electrons. The molecule has 0 saturated heterocycles. The largest absolute Gasteiger partial charge is 0.481 e. The number of hydrogen-bond donors (Lipinski definition) is 7. The summed E-state index contributed by atoms with van der Waals surface area (Å²) in [5.41, 5.74) is -3.15. The maximum absolute atomic E-state index is 10.9. The van der Waals surface area contributed by atoms with Crippen molar-refractivity contribution in [1.29, 1.82) is 0 Å². The van der Waals surface area contributed by atoms with Crippen molar-refractivity contribution in [3.05, 3.63) is 0 Å². The van der Waals surface area contributed by atoms with Crippen LogP contribution in [0.3, 0.4) is 0 Å². The van der Waals surface area contributed by atoms with Crippen LogP contribution in [0.5, 0.6) is 0 Å². The van der Waals surface area contributed by atoms with Crippen LogP contribution in [0.25, 0.3) is 0 Å². The molecule has 2 atom stereocenters. The standard InChI is InChI=1S/C8H10O8.3C4H8O2/c1-3(9)5(6(12)13)8(16,7(14)15)2-4(10)11;3*1-2-3-4(5)6/h5,16H,2H2,1H3,(H,10,11)(H,12,13)(H,14,15);3*2-3H2,1H3,(H,5,6). The van der Waals surface area contributed by atoms with Gasteiger partial charge in [-0.2, -0.15) is 0 Å². The summed E-state index contributed by atoms with van der Waals surface area (Å²) in [5, 5.41) is 58.8. The molecule has 0 saturated carbocycles. The maximum Gasteiger partial charge on any atom is 0.337 e. The summed E-state index contributed by atoms with van der Waals surface area (Å²) in [6, 6.07) is 0. The smallest absolute Gasteiger partial charge is 0.337 e. The third-order valence-corrected chi connectivity index (χ3v) is 3.31. The third-order valence-electron chi connectivity index (χ3n) is 3.31. The Balaban J connectivity index is -0.000000205. The van der Waals surface area contributed by atoms with Gasteiger partial charge in [-0.1, -0.05) is 20.8 Å². The summed E-state index contributed by atoms with van der Waals surface area (Å²) in [5.74, 6) is -11.3. The zero-order chi connectivity index (χ0) is 28.1. The summed E-state index contributed by atoms with van der Waals surface area (Å²) < 4.78 is 0. The first-order valence-corrected chi connectivity index (χ1v) is 10.00. The Kier molecular flexibility index (Phi) is 23.7. The van der Waals surface area contributed by atoms with E-state index in [1.807, 2.05) is 20.8 Å². The lowest BCUT2D eigenvalue weighted by Crippen LogP contribution is -2.53. The molecule has 0 amide bonds. The van der Waals surface area contributed by atoms with Crippen molar-refractivity contribution in [2.24, 2.45) is 5.92 Å². The molecule has 0 aromatic rings. The Morgan fingerprint density at radius 2 is 0.912 bits per heavy atom. The Bertz CT molecular complexity index is 633. The van der Waals surface area contributed by atoms with E-state index in [9.17, 15) is 38.7 Å². The second-order valence-corrected chi connectivity index (χ2v) is 6.61. The molecule has 7 N–H and O–H groups in total. The van der Waals surface area contributed by atoms with Gasteiger partial charge in [-0.25, -0.2) is 4.79 Å². The molecule has 0 spiro atoms. The molecule has 34 heavy (non-hydrogen) atoms. The highest BCUT2D eigenvalue weighted by Crippen LogP contribution is 2.24. The Hall–Kier alpha value is -3.55. The first-order valence-electron chi connectivity index (χ1n) is 10.00. The molecule has 14 nitrogen and oxygen atoms in total. The van der Waals surface area contributed by atoms with Crippen molar-refractivity contribution >= 4 is 41.6 Å². The molecule has 0 aliphatic rings. The molecule has 0 bridgehead atoms. The fraction of sp³-hybridized carbons (Fsp3) is 0.650. The van der Waals surface area contributed by atoms with Crippen LogP contribution in [0.1, 0.15) is 72.6 Å². The van der Waals surface area contributed by atoms with Crippen molar-refractivity contribution < 1.29 is 69.3 Å². The lowest BCUT2D eigenvalue weighted by atomic mass is 9.82. The quantitative estimate of drug-likeness (QED) is 0.186. The van der Waals surface area contributed by atoms with Gasteiger partial charge in [0.2, 0.25) is 0 Å². The van der Waals surface area contributed by atoms with E-state index in [0.29, 0.717) is 19.3 Å². The summed E-state index contributed by atoms with van der Waals surface area (Å²) in [6.45, 7) is 6.28. The van der Waals surface area contributed by atoms with Crippen LogP contribution in [0, 0.1) is 5.92 Å². The zero-order valence-corrected chi connectivity index (χ0v) is 19.5. The molecule has 0 aromatic carbocycles. The SMILES string of the molecule is CC(=O)C(C(=O)O)C(O)(CC(=O)O)C(=O)O.CCCC(=O)O.CCCC(=O)O.CCCC(=O)O. The molecular formula is C20H34O14. The minimum atomic E-state index is -3.15. The van der Waals surface area contributed by atoms with Gasteiger partial charge >= 0.3 is 35.8 Å². The van der Waals surface area contributed by atoms with Crippen molar-refractivity contribution in [3.63, 3.8) is 0 Å². The van der Waals surface area contributed by atoms with Gasteiger partial charge in [0.05, 0.1) is 6.42 Å². The second kappa shape index (κ2) is 21.3. The third kappa shape index (κ3) is 23.1. The normalized spacial score (nSPS) is 11.8. The molecule has 0 heterocycles. The predicted octanol–water partition coefficient (Wildman–Crippen LogP) is 1.18. The number of carbonyl (C=O) groups excluding carboxylic acids is 1. The number of Topliss-reactive ketones (excluding diaryl/α,β-unsaturated/α-hetero) is 1. The lowest BCUT2D eigenvalue weighted by Gasteiger charge is -2.26. The van der Waals surface area contributed by atoms with E-state index in [0.717, 1.165) is 26.2 Å². The fourth-order valence-electron chi connectivity index (χ4n) is 1.89. The van der Waals surface area contributed by atoms with Gasteiger partial charge in [0, 0.05) is 19.3 Å². The Labute approximate surface area is 195 Å². The average Bonchev–Trinajstić information content (AvgIpc) is 2.61. The topological polar surface area (TPSA) is 261 Å². The van der Waals surface area contributed by atoms with Crippen LogP contribution < -0.4 is 0 Å². The van der Waals surface area contributed by atoms with E-state index >= 15 is 0 Å². The highest BCUT2D eigenvalue weighted by atomic mass is 16.4. The number of aliphatic hydroxyl groups is 1. The number of aliphatic carboxylic acids is 6. The Morgan fingerprint density at radius 1 is 0.618 bits per heavy atom. The first kappa shape index (κ1) is 37.7. The van der Waals surface area contributed by atoms with Crippen molar-refractivity contribution in [3.8, 4) is 0 Å². The predicted molar refractivity (Wildman–Crippen MR) is 114 cm³/mol. The Morgan fingerprint density at radius 3 is 1.00 bits per heavy atom. The van der Waals surface area contributed by atoms with E-state index in [4.69, 9.17) is 30.6 Å². The summed E-state index contributed by atoms with van der Waals surface area (Å²) in [4.78, 5) is 71.4. The molecule has 198 valence electrons. The van der Waals surface area contributed by atoms with E-state index < -0.39 is 59.5 Å². The fourth-order valence-corrected chi connectivity index (χ4v) is 1.89. The molecule has 0 rings (SSSR count). The highest BCUT2D eigenvalue weighted by Gasteiger charge is 2.52. The minimum absolute atomic E-state index is 0.292. The van der Waals surface area contributed by atoms with Crippen molar-refractivity contribution in [1.82, 2.24) is 0 Å². The summed E-state index contributed by atoms with van der Waals surface area (Å²) in [7, 11) is 0. The average molecular weight is 498 g/mol. The number of carbonyl (C=O) groups is 7. The van der Waals surface area contributed by atoms with Crippen molar-refractivity contribution in [2.75, 3.05) is 0 Å². The molecule has 0 aromatic heterocycles. The van der Waals surface area contributed by atoms with E-state index in [1.54, 1.807) is 0 Å². The maximum atomic E-state index is 10.9. The summed E-state index contributed by atoms with van der Waals surface area (Å²) >= 11 is 0. The van der Waals surface area contributed by atoms with Gasteiger partial charge in [0.1, 0.15) is 5.78 Å². The van der Waals surface area contributed by atoms with Crippen LogP contribution in [0.4, 0.5) is 0 Å². The molecule has 14 heteroatoms. The van der Waals surface area contributed by atoms with E-state index in [1.165, 1.54) is 0 Å². The molecule has 0 fully saturated rings. The monoisotopic (exact) mass is 498 g/mol. The molecule has 2 unspecified atom stereocenters. The number of ketones is 1.